The molecule has 0 bridgehead atoms. The number of aliphatic imine (C=N–C) groups is 1. The summed E-state index contributed by atoms with van der Waals surface area (Å²) in [4.78, 5) is 16.1. The molecule has 1 aromatic carbocycles. The first-order chi connectivity index (χ1) is 11.2. The van der Waals surface area contributed by atoms with Crippen molar-refractivity contribution >= 4 is 59.2 Å². The lowest BCUT2D eigenvalue weighted by Gasteiger charge is -2.15. The minimum absolute atomic E-state index is 0. The van der Waals surface area contributed by atoms with Crippen LogP contribution >= 0.6 is 47.3 Å². The molecule has 1 fully saturated rings. The summed E-state index contributed by atoms with van der Waals surface area (Å²) in [7, 11) is 1.75. The number of benzene rings is 1. The molecule has 1 aliphatic rings. The number of hydrogen-bond acceptors (Lipinski definition) is 3. The van der Waals surface area contributed by atoms with E-state index in [0.717, 1.165) is 12.5 Å². The maximum absolute atomic E-state index is 11.9. The van der Waals surface area contributed by atoms with Crippen LogP contribution in [0.3, 0.4) is 0 Å². The summed E-state index contributed by atoms with van der Waals surface area (Å²) in [5, 5.41) is 10.7. The lowest BCUT2D eigenvalue weighted by molar-refractivity contribution is 0.0954. The van der Waals surface area contributed by atoms with Crippen molar-refractivity contribution in [2.45, 2.75) is 18.1 Å². The normalized spacial score (nSPS) is 17.1. The van der Waals surface area contributed by atoms with Gasteiger partial charge in [-0.15, -0.1) is 24.0 Å². The van der Waals surface area contributed by atoms with Crippen molar-refractivity contribution in [3.63, 3.8) is 0 Å². The molecule has 5 nitrogen and oxygen atoms in total. The number of guanidine groups is 1. The summed E-state index contributed by atoms with van der Waals surface area (Å²) < 4.78 is 0. The van der Waals surface area contributed by atoms with Crippen LogP contribution in [0, 0.1) is 0 Å². The zero-order chi connectivity index (χ0) is 16.5. The van der Waals surface area contributed by atoms with E-state index < -0.39 is 0 Å². The molecule has 3 N–H and O–H groups in total. The number of nitrogens with one attached hydrogen (secondary N) is 3. The van der Waals surface area contributed by atoms with Gasteiger partial charge >= 0.3 is 0 Å². The molecule has 134 valence electrons. The molecule has 1 saturated heterocycles. The van der Waals surface area contributed by atoms with Gasteiger partial charge in [-0.25, -0.2) is 0 Å². The molecule has 24 heavy (non-hydrogen) atoms. The predicted molar refractivity (Wildman–Crippen MR) is 114 cm³/mol. The second-order valence-electron chi connectivity index (χ2n) is 5.28. The van der Waals surface area contributed by atoms with Gasteiger partial charge in [0.2, 0.25) is 0 Å². The van der Waals surface area contributed by atoms with Crippen LogP contribution in [0.5, 0.6) is 0 Å². The summed E-state index contributed by atoms with van der Waals surface area (Å²) >= 11 is 7.82. The van der Waals surface area contributed by atoms with Gasteiger partial charge in [0, 0.05) is 42.5 Å². The number of hydrogen-bond donors (Lipinski definition) is 3. The molecule has 0 aromatic heterocycles. The van der Waals surface area contributed by atoms with Gasteiger partial charge in [-0.3, -0.25) is 9.79 Å². The number of amides is 1. The number of rotatable bonds is 6. The summed E-state index contributed by atoms with van der Waals surface area (Å²) in [6.45, 7) is 2.08. The number of halogens is 2. The quantitative estimate of drug-likeness (QED) is 0.252. The molecular formula is C16H24ClIN4OS. The Balaban J connectivity index is 0.00000288. The topological polar surface area (TPSA) is 65.5 Å². The van der Waals surface area contributed by atoms with Crippen LogP contribution in [0.1, 0.15) is 23.2 Å². The maximum atomic E-state index is 11.9. The second kappa shape index (κ2) is 11.8. The molecule has 1 atom stereocenters. The number of thioether (sulfide) groups is 1. The van der Waals surface area contributed by atoms with Crippen molar-refractivity contribution in [2.75, 3.05) is 32.4 Å². The molecule has 2 rings (SSSR count). The molecule has 1 heterocycles. The molecule has 0 radical (unpaired) electrons. The molecule has 8 heteroatoms. The zero-order valence-electron chi connectivity index (χ0n) is 13.7. The summed E-state index contributed by atoms with van der Waals surface area (Å²) in [5.41, 5.74) is 0.607. The Kier molecular flexibility index (Phi) is 10.5. The Morgan fingerprint density at radius 3 is 2.58 bits per heavy atom. The van der Waals surface area contributed by atoms with E-state index in [1.165, 1.54) is 18.6 Å². The fourth-order valence-corrected chi connectivity index (χ4v) is 3.62. The Labute approximate surface area is 169 Å². The molecule has 0 aliphatic carbocycles. The zero-order valence-corrected chi connectivity index (χ0v) is 17.6. The van der Waals surface area contributed by atoms with E-state index in [4.69, 9.17) is 11.6 Å². The minimum atomic E-state index is -0.103. The van der Waals surface area contributed by atoms with Crippen LogP contribution < -0.4 is 16.0 Å². The first-order valence-corrected chi connectivity index (χ1v) is 9.21. The van der Waals surface area contributed by atoms with Crippen LogP contribution in [0.4, 0.5) is 0 Å². The van der Waals surface area contributed by atoms with Gasteiger partial charge in [0.15, 0.2) is 5.96 Å². The average Bonchev–Trinajstić information content (AvgIpc) is 3.08. The number of carbonyl (C=O) groups is 1. The monoisotopic (exact) mass is 482 g/mol. The van der Waals surface area contributed by atoms with Gasteiger partial charge in [-0.2, -0.15) is 11.8 Å². The average molecular weight is 483 g/mol. The molecular weight excluding hydrogens is 459 g/mol. The number of carbonyl (C=O) groups excluding carboxylic acids is 1. The van der Waals surface area contributed by atoms with Crippen molar-refractivity contribution in [1.29, 1.82) is 0 Å². The van der Waals surface area contributed by atoms with Crippen LogP contribution in [0.15, 0.2) is 29.3 Å². The van der Waals surface area contributed by atoms with Gasteiger partial charge in [0.25, 0.3) is 5.91 Å². The Hall–Kier alpha value is -0.670. The first kappa shape index (κ1) is 21.4. The van der Waals surface area contributed by atoms with E-state index in [1.807, 2.05) is 11.8 Å². The highest BCUT2D eigenvalue weighted by Gasteiger charge is 2.15. The third kappa shape index (κ3) is 7.48. The number of nitrogens with zero attached hydrogens (tertiary/aromatic N) is 1. The van der Waals surface area contributed by atoms with Gasteiger partial charge in [-0.1, -0.05) is 11.6 Å². The third-order valence-corrected chi connectivity index (χ3v) is 5.20. The highest BCUT2D eigenvalue weighted by atomic mass is 127. The lowest BCUT2D eigenvalue weighted by atomic mass is 10.2. The van der Waals surface area contributed by atoms with E-state index in [-0.39, 0.29) is 29.9 Å². The maximum Gasteiger partial charge on any atom is 0.251 e. The predicted octanol–water partition coefficient (Wildman–Crippen LogP) is 2.75. The van der Waals surface area contributed by atoms with Crippen LogP contribution in [0.25, 0.3) is 0 Å². The van der Waals surface area contributed by atoms with Gasteiger partial charge in [-0.05, 0) is 42.9 Å². The minimum Gasteiger partial charge on any atom is -0.355 e. The van der Waals surface area contributed by atoms with E-state index in [1.54, 1.807) is 31.3 Å². The first-order valence-electron chi connectivity index (χ1n) is 7.79. The van der Waals surface area contributed by atoms with Crippen LogP contribution in [0.2, 0.25) is 5.02 Å². The van der Waals surface area contributed by atoms with E-state index >= 15 is 0 Å². The van der Waals surface area contributed by atoms with Crippen molar-refractivity contribution in [3.8, 4) is 0 Å². The lowest BCUT2D eigenvalue weighted by Crippen LogP contribution is -2.43. The van der Waals surface area contributed by atoms with Crippen LogP contribution in [-0.2, 0) is 0 Å². The van der Waals surface area contributed by atoms with Gasteiger partial charge in [0.1, 0.15) is 0 Å². The molecule has 0 saturated carbocycles. The fourth-order valence-electron chi connectivity index (χ4n) is 2.30. The van der Waals surface area contributed by atoms with Crippen molar-refractivity contribution < 1.29 is 4.79 Å². The fraction of sp³-hybridized carbons (Fsp3) is 0.500. The van der Waals surface area contributed by atoms with Gasteiger partial charge < -0.3 is 16.0 Å². The second-order valence-corrected chi connectivity index (χ2v) is 7.12. The van der Waals surface area contributed by atoms with E-state index in [2.05, 4.69) is 20.9 Å². The third-order valence-electron chi connectivity index (χ3n) is 3.55. The molecule has 1 unspecified atom stereocenters. The Bertz CT molecular complexity index is 535. The van der Waals surface area contributed by atoms with Crippen molar-refractivity contribution in [1.82, 2.24) is 16.0 Å². The summed E-state index contributed by atoms with van der Waals surface area (Å²) in [6.07, 6.45) is 2.57. The SMILES string of the molecule is CN=C(NCCNC(=O)c1ccc(Cl)cc1)NCC1CCCS1.I. The molecule has 1 amide bonds. The summed E-state index contributed by atoms with van der Waals surface area (Å²) in [6, 6.07) is 6.85. The van der Waals surface area contributed by atoms with E-state index in [9.17, 15) is 4.79 Å². The highest BCUT2D eigenvalue weighted by molar-refractivity contribution is 14.0. The largest absolute Gasteiger partial charge is 0.355 e. The van der Waals surface area contributed by atoms with Crippen LogP contribution in [-0.4, -0.2) is 49.6 Å². The van der Waals surface area contributed by atoms with Crippen molar-refractivity contribution in [2.24, 2.45) is 4.99 Å². The smallest absolute Gasteiger partial charge is 0.251 e. The molecule has 1 aliphatic heterocycles. The summed E-state index contributed by atoms with van der Waals surface area (Å²) in [5.74, 6) is 1.93. The van der Waals surface area contributed by atoms with E-state index in [0.29, 0.717) is 28.9 Å². The highest BCUT2D eigenvalue weighted by Crippen LogP contribution is 2.25. The Morgan fingerprint density at radius 1 is 1.25 bits per heavy atom. The molecule has 0 spiro atoms. The Morgan fingerprint density at radius 2 is 1.96 bits per heavy atom. The van der Waals surface area contributed by atoms with Gasteiger partial charge in [0.05, 0.1) is 0 Å². The molecule has 1 aromatic rings. The standard InChI is InChI=1S/C16H23ClN4OS.HI/c1-18-16(21-11-14-3-2-10-23-14)20-9-8-19-15(22)12-4-6-13(17)7-5-12;/h4-7,14H,2-3,8-11H2,1H3,(H,19,22)(H2,18,20,21);1H. The van der Waals surface area contributed by atoms with Crippen molar-refractivity contribution in [3.05, 3.63) is 34.9 Å².